The largest absolute Gasteiger partial charge is 0.396 e. The van der Waals surface area contributed by atoms with Crippen LogP contribution in [0.4, 0.5) is 0 Å². The van der Waals surface area contributed by atoms with E-state index in [4.69, 9.17) is 0 Å². The Labute approximate surface area is 147 Å². The van der Waals surface area contributed by atoms with Crippen LogP contribution in [0.15, 0.2) is 30.3 Å². The zero-order valence-electron chi connectivity index (χ0n) is 14.8. The van der Waals surface area contributed by atoms with Crippen LogP contribution in [0.25, 0.3) is 11.4 Å². The van der Waals surface area contributed by atoms with Gasteiger partial charge in [0, 0.05) is 25.3 Å². The van der Waals surface area contributed by atoms with Crippen molar-refractivity contribution in [1.29, 1.82) is 0 Å². The van der Waals surface area contributed by atoms with E-state index in [2.05, 4.69) is 22.3 Å². The van der Waals surface area contributed by atoms with E-state index in [1.165, 1.54) is 4.80 Å². The molecule has 1 aromatic carbocycles. The van der Waals surface area contributed by atoms with Gasteiger partial charge in [-0.05, 0) is 36.8 Å². The number of aliphatic hydroxyl groups is 1. The zero-order chi connectivity index (χ0) is 17.9. The molecular formula is C18H25N5O2. The highest BCUT2D eigenvalue weighted by molar-refractivity contribution is 5.80. The monoisotopic (exact) mass is 343 g/mol. The number of piperidine rings is 1. The van der Waals surface area contributed by atoms with Crippen molar-refractivity contribution >= 4 is 5.91 Å². The first-order chi connectivity index (χ1) is 12.1. The van der Waals surface area contributed by atoms with E-state index in [0.717, 1.165) is 24.8 Å². The predicted molar refractivity (Wildman–Crippen MR) is 93.6 cm³/mol. The fourth-order valence-corrected chi connectivity index (χ4v) is 3.28. The molecule has 25 heavy (non-hydrogen) atoms. The second kappa shape index (κ2) is 7.31. The van der Waals surface area contributed by atoms with E-state index in [1.807, 2.05) is 35.2 Å². The van der Waals surface area contributed by atoms with Gasteiger partial charge in [-0.25, -0.2) is 0 Å². The van der Waals surface area contributed by atoms with Crippen LogP contribution in [-0.2, 0) is 4.79 Å². The van der Waals surface area contributed by atoms with Gasteiger partial charge in [-0.2, -0.15) is 4.80 Å². The van der Waals surface area contributed by atoms with Gasteiger partial charge in [-0.15, -0.1) is 10.2 Å². The molecule has 0 spiro atoms. The minimum absolute atomic E-state index is 0.000320. The van der Waals surface area contributed by atoms with E-state index in [-0.39, 0.29) is 17.9 Å². The Kier molecular flexibility index (Phi) is 5.13. The maximum atomic E-state index is 12.8. The summed E-state index contributed by atoms with van der Waals surface area (Å²) in [5.74, 6) is 0.517. The number of likely N-dealkylation sites (tertiary alicyclic amines) is 1. The molecule has 0 saturated carbocycles. The van der Waals surface area contributed by atoms with Crippen LogP contribution < -0.4 is 0 Å². The number of hydrogen-bond donors (Lipinski definition) is 1. The van der Waals surface area contributed by atoms with Gasteiger partial charge in [-0.3, -0.25) is 4.79 Å². The standard InChI is InChI=1S/C18H25N5O2/c1-3-18(13-24)9-11-22(12-10-18)17(25)14(2)23-20-16(19-21-23)15-7-5-4-6-8-15/h4-8,14,24H,3,9-13H2,1-2H3. The van der Waals surface area contributed by atoms with Crippen LogP contribution in [0.2, 0.25) is 0 Å². The Balaban J connectivity index is 1.67. The highest BCUT2D eigenvalue weighted by atomic mass is 16.3. The smallest absolute Gasteiger partial charge is 0.249 e. The molecule has 1 saturated heterocycles. The summed E-state index contributed by atoms with van der Waals surface area (Å²) in [7, 11) is 0. The van der Waals surface area contributed by atoms with E-state index in [9.17, 15) is 9.90 Å². The van der Waals surface area contributed by atoms with Gasteiger partial charge in [0.15, 0.2) is 0 Å². The van der Waals surface area contributed by atoms with Gasteiger partial charge < -0.3 is 10.0 Å². The van der Waals surface area contributed by atoms with Crippen molar-refractivity contribution in [2.24, 2.45) is 5.41 Å². The Morgan fingerprint density at radius 3 is 2.56 bits per heavy atom. The lowest BCUT2D eigenvalue weighted by molar-refractivity contribution is -0.137. The first kappa shape index (κ1) is 17.5. The molecule has 2 heterocycles. The van der Waals surface area contributed by atoms with Gasteiger partial charge in [0.05, 0.1) is 0 Å². The third kappa shape index (κ3) is 3.56. The topological polar surface area (TPSA) is 84.1 Å². The Bertz CT molecular complexity index is 701. The summed E-state index contributed by atoms with van der Waals surface area (Å²) >= 11 is 0. The van der Waals surface area contributed by atoms with Crippen molar-refractivity contribution in [1.82, 2.24) is 25.1 Å². The second-order valence-corrected chi connectivity index (χ2v) is 6.81. The summed E-state index contributed by atoms with van der Waals surface area (Å²) in [6, 6.07) is 9.10. The molecule has 1 aromatic heterocycles. The summed E-state index contributed by atoms with van der Waals surface area (Å²) in [5.41, 5.74) is 0.841. The fourth-order valence-electron chi connectivity index (χ4n) is 3.28. The van der Waals surface area contributed by atoms with Crippen LogP contribution in [0.5, 0.6) is 0 Å². The molecular weight excluding hydrogens is 318 g/mol. The summed E-state index contributed by atoms with van der Waals surface area (Å²) in [4.78, 5) is 16.0. The minimum atomic E-state index is -0.492. The minimum Gasteiger partial charge on any atom is -0.396 e. The lowest BCUT2D eigenvalue weighted by Gasteiger charge is -2.40. The second-order valence-electron chi connectivity index (χ2n) is 6.81. The molecule has 1 amide bonds. The first-order valence-electron chi connectivity index (χ1n) is 8.83. The molecule has 1 fully saturated rings. The van der Waals surface area contributed by atoms with Crippen molar-refractivity contribution in [3.63, 3.8) is 0 Å². The van der Waals surface area contributed by atoms with Crippen molar-refractivity contribution in [3.05, 3.63) is 30.3 Å². The molecule has 0 radical (unpaired) electrons. The maximum absolute atomic E-state index is 12.8. The van der Waals surface area contributed by atoms with Gasteiger partial charge in [-0.1, -0.05) is 37.3 Å². The quantitative estimate of drug-likeness (QED) is 0.896. The number of rotatable bonds is 5. The van der Waals surface area contributed by atoms with Crippen LogP contribution >= 0.6 is 0 Å². The maximum Gasteiger partial charge on any atom is 0.249 e. The molecule has 1 aliphatic rings. The van der Waals surface area contributed by atoms with Crippen LogP contribution in [0.3, 0.4) is 0 Å². The molecule has 2 aromatic rings. The SMILES string of the molecule is CCC1(CO)CCN(C(=O)C(C)n2nnc(-c3ccccc3)n2)CC1. The number of tetrazole rings is 1. The molecule has 7 heteroatoms. The third-order valence-corrected chi connectivity index (χ3v) is 5.39. The Morgan fingerprint density at radius 1 is 1.28 bits per heavy atom. The predicted octanol–water partition coefficient (Wildman–Crippen LogP) is 1.91. The molecule has 7 nitrogen and oxygen atoms in total. The summed E-state index contributed by atoms with van der Waals surface area (Å²) in [5, 5.41) is 22.1. The van der Waals surface area contributed by atoms with Crippen molar-refractivity contribution in [2.75, 3.05) is 19.7 Å². The molecule has 1 atom stereocenters. The van der Waals surface area contributed by atoms with Crippen molar-refractivity contribution in [2.45, 2.75) is 39.2 Å². The third-order valence-electron chi connectivity index (χ3n) is 5.39. The van der Waals surface area contributed by atoms with Crippen LogP contribution in [0.1, 0.15) is 39.2 Å². The van der Waals surface area contributed by atoms with E-state index in [0.29, 0.717) is 18.9 Å². The average molecular weight is 343 g/mol. The molecule has 3 rings (SSSR count). The molecule has 1 aliphatic heterocycles. The molecule has 134 valence electrons. The van der Waals surface area contributed by atoms with Crippen LogP contribution in [0, 0.1) is 5.41 Å². The number of nitrogens with zero attached hydrogens (tertiary/aromatic N) is 5. The molecule has 0 bridgehead atoms. The Morgan fingerprint density at radius 2 is 1.96 bits per heavy atom. The lowest BCUT2D eigenvalue weighted by Crippen LogP contribution is -2.46. The Hall–Kier alpha value is -2.28. The number of hydrogen-bond acceptors (Lipinski definition) is 5. The molecule has 0 aliphatic carbocycles. The molecule has 1 unspecified atom stereocenters. The number of carbonyl (C=O) groups excluding carboxylic acids is 1. The van der Waals surface area contributed by atoms with E-state index in [1.54, 1.807) is 6.92 Å². The number of amides is 1. The summed E-state index contributed by atoms with van der Waals surface area (Å²) in [6.45, 7) is 5.41. The van der Waals surface area contributed by atoms with Gasteiger partial charge in [0.25, 0.3) is 0 Å². The van der Waals surface area contributed by atoms with Crippen LogP contribution in [-0.4, -0.2) is 55.8 Å². The number of aliphatic hydroxyl groups excluding tert-OH is 1. The summed E-state index contributed by atoms with van der Waals surface area (Å²) < 4.78 is 0. The van der Waals surface area contributed by atoms with Crippen molar-refractivity contribution < 1.29 is 9.90 Å². The van der Waals surface area contributed by atoms with Gasteiger partial charge in [0.1, 0.15) is 6.04 Å². The number of carbonyl (C=O) groups is 1. The van der Waals surface area contributed by atoms with Gasteiger partial charge in [0.2, 0.25) is 11.7 Å². The van der Waals surface area contributed by atoms with E-state index < -0.39 is 6.04 Å². The lowest BCUT2D eigenvalue weighted by atomic mass is 9.77. The first-order valence-corrected chi connectivity index (χ1v) is 8.83. The van der Waals surface area contributed by atoms with E-state index >= 15 is 0 Å². The highest BCUT2D eigenvalue weighted by Gasteiger charge is 2.35. The fraction of sp³-hybridized carbons (Fsp3) is 0.556. The summed E-state index contributed by atoms with van der Waals surface area (Å²) in [6.07, 6.45) is 2.60. The highest BCUT2D eigenvalue weighted by Crippen LogP contribution is 2.34. The zero-order valence-corrected chi connectivity index (χ0v) is 14.8. The molecule has 1 N–H and O–H groups in total. The number of benzene rings is 1. The van der Waals surface area contributed by atoms with Gasteiger partial charge >= 0.3 is 0 Å². The number of aromatic nitrogens is 4. The van der Waals surface area contributed by atoms with Crippen molar-refractivity contribution in [3.8, 4) is 11.4 Å². The normalized spacial score (nSPS) is 18.1. The average Bonchev–Trinajstić information content (AvgIpc) is 3.18.